The molecule has 0 fully saturated rings. The predicted molar refractivity (Wildman–Crippen MR) is 67.2 cm³/mol. The van der Waals surface area contributed by atoms with Gasteiger partial charge in [0.05, 0.1) is 0 Å². The van der Waals surface area contributed by atoms with Crippen molar-refractivity contribution in [3.63, 3.8) is 0 Å². The van der Waals surface area contributed by atoms with E-state index < -0.39 is 0 Å². The molecule has 1 aromatic rings. The number of anilines is 1. The molecule has 0 amide bonds. The summed E-state index contributed by atoms with van der Waals surface area (Å²) in [4.78, 5) is 0. The van der Waals surface area contributed by atoms with Crippen molar-refractivity contribution >= 4 is 15.9 Å². The van der Waals surface area contributed by atoms with Gasteiger partial charge in [-0.3, -0.25) is 0 Å². The zero-order valence-corrected chi connectivity index (χ0v) is 10.2. The van der Waals surface area contributed by atoms with E-state index in [-0.39, 0.29) is 5.75 Å². The minimum absolute atomic E-state index is 0.171. The molecule has 0 spiro atoms. The molecule has 17 heavy (non-hydrogen) atoms. The fourth-order valence-corrected chi connectivity index (χ4v) is 1.62. The average Bonchev–Trinajstić information content (AvgIpc) is 2.32. The number of aryl methyl sites for hydroxylation is 1. The van der Waals surface area contributed by atoms with Crippen molar-refractivity contribution in [3.8, 4) is 5.75 Å². The molecule has 0 unspecified atom stereocenters. The Bertz CT molecular complexity index is 544. The Hall–Kier alpha value is -1.67. The topological polar surface area (TPSA) is 44.6 Å². The summed E-state index contributed by atoms with van der Waals surface area (Å²) in [6.07, 6.45) is 7.41. The summed E-state index contributed by atoms with van der Waals surface area (Å²) < 4.78 is 0.715. The molecule has 4 heteroatoms. The first-order valence-corrected chi connectivity index (χ1v) is 5.64. The fraction of sp³-hybridized carbons (Fsp3) is 0.0769. The van der Waals surface area contributed by atoms with Crippen LogP contribution in [0.4, 0.5) is 5.69 Å². The van der Waals surface area contributed by atoms with E-state index in [1.165, 1.54) is 0 Å². The standard InChI is InChI=1S/C13H12N2O.Ni/c1-10-7-8-13(16)12(9-10)15-14-11-5-3-2-4-6-11;/h2-5,7-9,15-16H,1H3;/b14-11-;. The number of phenols is 1. The summed E-state index contributed by atoms with van der Waals surface area (Å²) in [5, 5.41) is 13.8. The van der Waals surface area contributed by atoms with Crippen LogP contribution in [0.5, 0.6) is 5.75 Å². The third-order valence-electron chi connectivity index (χ3n) is 2.28. The van der Waals surface area contributed by atoms with Crippen LogP contribution in [0.2, 0.25) is 0 Å². The molecule has 90 valence electrons. The molecular weight excluding hydrogens is 259 g/mol. The number of aromatic hydroxyl groups is 1. The third-order valence-corrected chi connectivity index (χ3v) is 2.69. The fourth-order valence-electron chi connectivity index (χ4n) is 1.39. The zero-order valence-electron chi connectivity index (χ0n) is 9.25. The molecule has 1 aliphatic rings. The van der Waals surface area contributed by atoms with E-state index in [1.807, 2.05) is 43.4 Å². The van der Waals surface area contributed by atoms with Crippen molar-refractivity contribution in [2.24, 2.45) is 5.10 Å². The second-order valence-electron chi connectivity index (χ2n) is 3.66. The first kappa shape index (κ1) is 11.8. The average molecular weight is 271 g/mol. The Balaban J connectivity index is 2.19. The number of hydrazone groups is 1. The Labute approximate surface area is 107 Å². The van der Waals surface area contributed by atoms with Crippen LogP contribution in [0.3, 0.4) is 0 Å². The summed E-state index contributed by atoms with van der Waals surface area (Å²) in [5.74, 6) is 0.171. The Morgan fingerprint density at radius 3 is 2.76 bits per heavy atom. The number of phenolic OH excluding ortho intramolecular Hbond substituents is 1. The molecule has 1 aliphatic carbocycles. The molecule has 1 aromatic carbocycles. The number of hydrogen-bond acceptors (Lipinski definition) is 3. The second-order valence-corrected chi connectivity index (χ2v) is 4.19. The molecular formula is C13H12N2NiO. The molecule has 0 saturated carbocycles. The van der Waals surface area contributed by atoms with Crippen molar-refractivity contribution in [2.45, 2.75) is 6.92 Å². The second kappa shape index (κ2) is 5.11. The van der Waals surface area contributed by atoms with Gasteiger partial charge in [-0.2, -0.15) is 0 Å². The van der Waals surface area contributed by atoms with E-state index in [0.29, 0.717) is 15.9 Å². The molecule has 2 N–H and O–H groups in total. The van der Waals surface area contributed by atoms with Gasteiger partial charge in [0.1, 0.15) is 0 Å². The Kier molecular flexibility index (Phi) is 3.55. The summed E-state index contributed by atoms with van der Waals surface area (Å²) in [5.41, 5.74) is 5.16. The van der Waals surface area contributed by atoms with Gasteiger partial charge in [0, 0.05) is 0 Å². The van der Waals surface area contributed by atoms with Gasteiger partial charge >= 0.3 is 107 Å². The molecule has 0 aromatic heterocycles. The van der Waals surface area contributed by atoms with Crippen molar-refractivity contribution in [1.82, 2.24) is 0 Å². The molecule has 0 atom stereocenters. The number of nitrogens with zero attached hydrogens (tertiary/aromatic N) is 1. The van der Waals surface area contributed by atoms with Crippen LogP contribution in [0.25, 0.3) is 0 Å². The minimum atomic E-state index is 0.171. The van der Waals surface area contributed by atoms with Crippen LogP contribution in [0.15, 0.2) is 47.6 Å². The first-order chi connectivity index (χ1) is 8.16. The summed E-state index contributed by atoms with van der Waals surface area (Å²) in [6.45, 7) is 1.95. The van der Waals surface area contributed by atoms with Crippen molar-refractivity contribution in [3.05, 3.63) is 48.1 Å². The van der Waals surface area contributed by atoms with Crippen molar-refractivity contribution < 1.29 is 20.1 Å². The van der Waals surface area contributed by atoms with Gasteiger partial charge in [-0.1, -0.05) is 0 Å². The van der Waals surface area contributed by atoms with Crippen LogP contribution in [0, 0.1) is 6.92 Å². The summed E-state index contributed by atoms with van der Waals surface area (Å²) in [7, 11) is 0. The van der Waals surface area contributed by atoms with Gasteiger partial charge in [0.25, 0.3) is 0 Å². The predicted octanol–water partition coefficient (Wildman–Crippen LogP) is 2.31. The summed E-state index contributed by atoms with van der Waals surface area (Å²) >= 11 is 4.82. The van der Waals surface area contributed by atoms with Gasteiger partial charge in [-0.25, -0.2) is 0 Å². The van der Waals surface area contributed by atoms with E-state index in [9.17, 15) is 5.11 Å². The SMILES string of the molecule is Cc1ccc(O)c(N/N=C2/C=CC=C[C]2=[Ni])c1. The molecule has 0 saturated heterocycles. The van der Waals surface area contributed by atoms with Crippen molar-refractivity contribution in [2.75, 3.05) is 5.43 Å². The van der Waals surface area contributed by atoms with E-state index in [1.54, 1.807) is 6.07 Å². The van der Waals surface area contributed by atoms with Crippen LogP contribution in [-0.2, 0) is 15.0 Å². The molecule has 0 bridgehead atoms. The number of rotatable bonds is 2. The van der Waals surface area contributed by atoms with E-state index >= 15 is 0 Å². The van der Waals surface area contributed by atoms with Gasteiger partial charge in [0.15, 0.2) is 0 Å². The van der Waals surface area contributed by atoms with Gasteiger partial charge in [-0.05, 0) is 0 Å². The number of nitrogens with one attached hydrogen (secondary N) is 1. The van der Waals surface area contributed by atoms with Gasteiger partial charge in [-0.15, -0.1) is 0 Å². The molecule has 2 rings (SSSR count). The molecule has 0 radical (unpaired) electrons. The third kappa shape index (κ3) is 2.92. The van der Waals surface area contributed by atoms with E-state index in [0.717, 1.165) is 5.56 Å². The van der Waals surface area contributed by atoms with E-state index in [2.05, 4.69) is 10.5 Å². The summed E-state index contributed by atoms with van der Waals surface area (Å²) in [6, 6.07) is 5.30. The van der Waals surface area contributed by atoms with Crippen LogP contribution in [-0.4, -0.2) is 15.3 Å². The number of benzene rings is 1. The van der Waals surface area contributed by atoms with Gasteiger partial charge < -0.3 is 0 Å². The zero-order chi connectivity index (χ0) is 12.3. The Morgan fingerprint density at radius 2 is 2.00 bits per heavy atom. The normalized spacial score (nSPS) is 16.6. The maximum absolute atomic E-state index is 9.64. The van der Waals surface area contributed by atoms with Gasteiger partial charge in [0.2, 0.25) is 0 Å². The molecule has 0 aliphatic heterocycles. The van der Waals surface area contributed by atoms with E-state index in [4.69, 9.17) is 15.0 Å². The van der Waals surface area contributed by atoms with Crippen LogP contribution in [0.1, 0.15) is 5.56 Å². The van der Waals surface area contributed by atoms with Crippen LogP contribution >= 0.6 is 0 Å². The quantitative estimate of drug-likeness (QED) is 0.492. The molecule has 3 nitrogen and oxygen atoms in total. The van der Waals surface area contributed by atoms with Crippen molar-refractivity contribution in [1.29, 1.82) is 0 Å². The van der Waals surface area contributed by atoms with Crippen LogP contribution < -0.4 is 5.43 Å². The first-order valence-electron chi connectivity index (χ1n) is 5.14. The number of hydrogen-bond donors (Lipinski definition) is 2. The monoisotopic (exact) mass is 270 g/mol. The maximum atomic E-state index is 9.64. The molecule has 0 heterocycles. The number of allylic oxidation sites excluding steroid dienone is 4. The Morgan fingerprint density at radius 1 is 1.24 bits per heavy atom.